The first kappa shape index (κ1) is 30.0. The Labute approximate surface area is 203 Å². The highest BCUT2D eigenvalue weighted by Crippen LogP contribution is 2.58. The Balaban J connectivity index is 0.000000852. The third-order valence-electron chi connectivity index (χ3n) is 6.74. The van der Waals surface area contributed by atoms with E-state index in [1.54, 1.807) is 0 Å². The summed E-state index contributed by atoms with van der Waals surface area (Å²) in [6.07, 6.45) is 9.84. The molecule has 3 N–H and O–H groups in total. The minimum atomic E-state index is -1.82. The number of hydrogen-bond donors (Lipinski definition) is 3. The van der Waals surface area contributed by atoms with E-state index in [9.17, 15) is 5.11 Å². The van der Waals surface area contributed by atoms with Crippen molar-refractivity contribution in [1.29, 1.82) is 0 Å². The van der Waals surface area contributed by atoms with Crippen LogP contribution in [0.3, 0.4) is 0 Å². The number of aliphatic hydroxyl groups is 1. The Bertz CT molecular complexity index is 699. The van der Waals surface area contributed by atoms with Gasteiger partial charge in [-0.25, -0.2) is 9.59 Å². The van der Waals surface area contributed by atoms with Gasteiger partial charge in [-0.3, -0.25) is 0 Å². The number of hydrogen-bond acceptors (Lipinski definition) is 8. The van der Waals surface area contributed by atoms with Crippen LogP contribution in [0.1, 0.15) is 45.4 Å². The van der Waals surface area contributed by atoms with E-state index in [0.717, 1.165) is 64.8 Å². The Morgan fingerprint density at radius 1 is 1.06 bits per heavy atom. The number of likely N-dealkylation sites (N-methyl/N-ethyl adjacent to an activating group) is 2. The molecule has 2 saturated carbocycles. The predicted octanol–water partition coefficient (Wildman–Crippen LogP) is 1.93. The van der Waals surface area contributed by atoms with Crippen molar-refractivity contribution in [1.82, 2.24) is 9.80 Å². The summed E-state index contributed by atoms with van der Waals surface area (Å²) in [5.74, 6) is -3.36. The highest BCUT2D eigenvalue weighted by molar-refractivity contribution is 6.27. The van der Waals surface area contributed by atoms with Gasteiger partial charge < -0.3 is 34.7 Å². The molecular weight excluding hydrogens is 442 g/mol. The maximum absolute atomic E-state index is 11.4. The largest absolute Gasteiger partial charge is 0.473 e. The van der Waals surface area contributed by atoms with Gasteiger partial charge >= 0.3 is 11.9 Å². The summed E-state index contributed by atoms with van der Waals surface area (Å²) >= 11 is 0. The van der Waals surface area contributed by atoms with Crippen molar-refractivity contribution >= 4 is 18.2 Å². The van der Waals surface area contributed by atoms with Crippen LogP contribution >= 0.6 is 0 Å². The molecule has 10 nitrogen and oxygen atoms in total. The molecule has 0 radical (unpaired) electrons. The summed E-state index contributed by atoms with van der Waals surface area (Å²) < 4.78 is 5.68. The molecule has 0 amide bonds. The van der Waals surface area contributed by atoms with Crippen molar-refractivity contribution in [3.05, 3.63) is 11.6 Å². The number of carboxylic acid groups (broad SMARTS) is 2. The van der Waals surface area contributed by atoms with Crippen molar-refractivity contribution in [3.8, 4) is 0 Å². The Kier molecular flexibility index (Phi) is 12.7. The lowest BCUT2D eigenvalue weighted by atomic mass is 9.61. The van der Waals surface area contributed by atoms with Gasteiger partial charge in [-0.05, 0) is 66.7 Å². The number of aliphatic carboxylic acids is 2. The van der Waals surface area contributed by atoms with E-state index in [4.69, 9.17) is 29.4 Å². The minimum Gasteiger partial charge on any atom is -0.473 e. The van der Waals surface area contributed by atoms with Crippen molar-refractivity contribution in [3.63, 3.8) is 0 Å². The molecule has 0 aromatic rings. The minimum absolute atomic E-state index is 0.110. The quantitative estimate of drug-likeness (QED) is 0.132. The van der Waals surface area contributed by atoms with Gasteiger partial charge in [0.05, 0.1) is 18.8 Å². The molecular formula is C24H43N3O7. The van der Waals surface area contributed by atoms with Crippen LogP contribution in [0, 0.1) is 11.3 Å². The first-order chi connectivity index (χ1) is 15.9. The maximum atomic E-state index is 11.4. The lowest BCUT2D eigenvalue weighted by Gasteiger charge is -2.47. The molecule has 0 aromatic heterocycles. The first-order valence-electron chi connectivity index (χ1n) is 11.8. The molecule has 2 fully saturated rings. The van der Waals surface area contributed by atoms with Crippen molar-refractivity contribution in [2.24, 2.45) is 16.5 Å². The third-order valence-corrected chi connectivity index (χ3v) is 6.74. The average molecular weight is 486 g/mol. The topological polar surface area (TPSA) is 132 Å². The lowest BCUT2D eigenvalue weighted by Crippen LogP contribution is -2.48. The summed E-state index contributed by atoms with van der Waals surface area (Å²) in [6.45, 7) is 6.17. The van der Waals surface area contributed by atoms with Gasteiger partial charge in [0.2, 0.25) is 0 Å². The zero-order valence-corrected chi connectivity index (χ0v) is 21.3. The van der Waals surface area contributed by atoms with Crippen LogP contribution in [0.15, 0.2) is 16.8 Å². The van der Waals surface area contributed by atoms with E-state index < -0.39 is 17.5 Å². The third kappa shape index (κ3) is 9.69. The number of rotatable bonds is 11. The molecule has 0 heterocycles. The van der Waals surface area contributed by atoms with E-state index in [2.05, 4.69) is 42.1 Å². The number of fused-ring (bicyclic) bond motifs is 1. The predicted molar refractivity (Wildman–Crippen MR) is 130 cm³/mol. The molecule has 2 rings (SSSR count). The van der Waals surface area contributed by atoms with Crippen LogP contribution in [0.2, 0.25) is 0 Å². The molecule has 2 aliphatic rings. The second-order valence-corrected chi connectivity index (χ2v) is 9.84. The van der Waals surface area contributed by atoms with Gasteiger partial charge in [0, 0.05) is 30.6 Å². The average Bonchev–Trinajstić information content (AvgIpc) is 3.00. The van der Waals surface area contributed by atoms with Crippen LogP contribution in [0.5, 0.6) is 0 Å². The molecule has 3 atom stereocenters. The zero-order chi connectivity index (χ0) is 25.8. The van der Waals surface area contributed by atoms with Gasteiger partial charge in [-0.2, -0.15) is 0 Å². The number of carbonyl (C=O) groups is 2. The van der Waals surface area contributed by atoms with Gasteiger partial charge in [-0.15, -0.1) is 0 Å². The van der Waals surface area contributed by atoms with Crippen molar-refractivity contribution in [2.45, 2.75) is 51.0 Å². The van der Waals surface area contributed by atoms with E-state index in [1.165, 1.54) is 5.57 Å². The van der Waals surface area contributed by atoms with Crippen LogP contribution in [0.4, 0.5) is 0 Å². The molecule has 0 unspecified atom stereocenters. The summed E-state index contributed by atoms with van der Waals surface area (Å²) in [5.41, 5.74) is 0.653. The van der Waals surface area contributed by atoms with Gasteiger partial charge in [-0.1, -0.05) is 23.7 Å². The summed E-state index contributed by atoms with van der Waals surface area (Å²) in [5, 5.41) is 30.4. The highest BCUT2D eigenvalue weighted by atomic mass is 16.6. The van der Waals surface area contributed by atoms with Crippen LogP contribution < -0.4 is 0 Å². The molecule has 0 aromatic carbocycles. The normalized spacial score (nSPS) is 27.6. The molecule has 34 heavy (non-hydrogen) atoms. The van der Waals surface area contributed by atoms with E-state index in [0.29, 0.717) is 6.61 Å². The van der Waals surface area contributed by atoms with Crippen LogP contribution in [0.25, 0.3) is 0 Å². The molecule has 0 saturated heterocycles. The SMILES string of the molecule is CN(C)CCOCCC=C1CC[C@]2(C)[C@@H](C=NOCCN(C)C)CC[C@]2(O)C1.O=C(O)C(=O)O. The lowest BCUT2D eigenvalue weighted by molar-refractivity contribution is -0.159. The second-order valence-electron chi connectivity index (χ2n) is 9.84. The zero-order valence-electron chi connectivity index (χ0n) is 21.3. The molecule has 0 spiro atoms. The first-order valence-corrected chi connectivity index (χ1v) is 11.8. The summed E-state index contributed by atoms with van der Waals surface area (Å²) in [7, 11) is 8.16. The van der Waals surface area contributed by atoms with Crippen LogP contribution in [-0.2, 0) is 19.2 Å². The molecule has 0 bridgehead atoms. The fraction of sp³-hybridized carbons (Fsp3) is 0.792. The summed E-state index contributed by atoms with van der Waals surface area (Å²) in [6, 6.07) is 0. The molecule has 196 valence electrons. The molecule has 10 heteroatoms. The van der Waals surface area contributed by atoms with Crippen molar-refractivity contribution < 1.29 is 34.5 Å². The standard InChI is InChI=1S/C22H41N3O3.C2H2O4/c1-21-10-8-19(7-6-14-27-15-12-24(2)3)17-22(21,26)11-9-20(21)18-23-28-16-13-25(4)5;3-1(4)2(5)6/h7,18,20,26H,6,8-17H2,1-5H3;(H,3,4)(H,5,6)/t20-,21-,22+;/m1./s1. The van der Waals surface area contributed by atoms with E-state index in [-0.39, 0.29) is 11.3 Å². The smallest absolute Gasteiger partial charge is 0.414 e. The van der Waals surface area contributed by atoms with E-state index in [1.807, 2.05) is 20.3 Å². The molecule has 0 aliphatic heterocycles. The van der Waals surface area contributed by atoms with Gasteiger partial charge in [0.25, 0.3) is 0 Å². The maximum Gasteiger partial charge on any atom is 0.414 e. The Morgan fingerprint density at radius 2 is 1.68 bits per heavy atom. The fourth-order valence-electron chi connectivity index (χ4n) is 4.44. The highest BCUT2D eigenvalue weighted by Gasteiger charge is 2.57. The fourth-order valence-corrected chi connectivity index (χ4v) is 4.44. The van der Waals surface area contributed by atoms with Crippen LogP contribution in [-0.4, -0.2) is 110 Å². The number of nitrogens with zero attached hydrogens (tertiary/aromatic N) is 3. The number of ether oxygens (including phenoxy) is 1. The Morgan fingerprint density at radius 3 is 2.26 bits per heavy atom. The Hall–Kier alpha value is -2.01. The molecule has 2 aliphatic carbocycles. The monoisotopic (exact) mass is 485 g/mol. The van der Waals surface area contributed by atoms with Crippen molar-refractivity contribution in [2.75, 3.05) is 61.1 Å². The summed E-state index contributed by atoms with van der Waals surface area (Å²) in [4.78, 5) is 27.8. The van der Waals surface area contributed by atoms with E-state index >= 15 is 0 Å². The number of carboxylic acids is 2. The number of oxime groups is 1. The van der Waals surface area contributed by atoms with Gasteiger partial charge in [0.1, 0.15) is 6.61 Å². The van der Waals surface area contributed by atoms with Gasteiger partial charge in [0.15, 0.2) is 0 Å². The second kappa shape index (κ2) is 14.4.